The van der Waals surface area contributed by atoms with Gasteiger partial charge in [-0.3, -0.25) is 10.1 Å². The number of carbonyl (C=O) groups excluding carboxylic acids is 1. The molecule has 1 atom stereocenters. The van der Waals surface area contributed by atoms with Crippen LogP contribution in [0.3, 0.4) is 0 Å². The van der Waals surface area contributed by atoms with Gasteiger partial charge in [-0.05, 0) is 38.1 Å². The van der Waals surface area contributed by atoms with Crippen molar-refractivity contribution < 1.29 is 13.7 Å². The molecule has 0 bridgehead atoms. The van der Waals surface area contributed by atoms with E-state index in [1.165, 1.54) is 23.9 Å². The number of aryl methyl sites for hydroxylation is 1. The highest BCUT2D eigenvalue weighted by atomic mass is 32.2. The highest BCUT2D eigenvalue weighted by Crippen LogP contribution is 2.26. The monoisotopic (exact) mass is 361 g/mol. The lowest BCUT2D eigenvalue weighted by molar-refractivity contribution is -0.115. The number of thioether (sulfide) groups is 1. The summed E-state index contributed by atoms with van der Waals surface area (Å²) in [5.74, 6) is 0.363. The van der Waals surface area contributed by atoms with Crippen LogP contribution < -0.4 is 5.32 Å². The lowest BCUT2D eigenvalue weighted by Crippen LogP contribution is -2.22. The Labute approximate surface area is 147 Å². The molecular formula is C16H16FN5O2S. The number of nitrogens with one attached hydrogen (secondary N) is 1. The van der Waals surface area contributed by atoms with Crippen molar-refractivity contribution in [3.63, 3.8) is 0 Å². The average molecular weight is 361 g/mol. The summed E-state index contributed by atoms with van der Waals surface area (Å²) >= 11 is 1.26. The Kier molecular flexibility index (Phi) is 4.84. The number of hydrogen-bond acceptors (Lipinski definition) is 6. The van der Waals surface area contributed by atoms with Gasteiger partial charge in [0.1, 0.15) is 5.82 Å². The topological polar surface area (TPSA) is 85.8 Å². The van der Waals surface area contributed by atoms with Crippen molar-refractivity contribution >= 4 is 23.6 Å². The van der Waals surface area contributed by atoms with E-state index in [0.717, 1.165) is 5.56 Å². The molecule has 0 saturated carbocycles. The predicted molar refractivity (Wildman–Crippen MR) is 91.6 cm³/mol. The third-order valence-electron chi connectivity index (χ3n) is 3.46. The number of amides is 1. The van der Waals surface area contributed by atoms with Crippen LogP contribution in [0.25, 0.3) is 11.4 Å². The zero-order chi connectivity index (χ0) is 18.0. The van der Waals surface area contributed by atoms with Gasteiger partial charge in [-0.1, -0.05) is 16.9 Å². The number of benzene rings is 1. The second-order valence-electron chi connectivity index (χ2n) is 5.45. The van der Waals surface area contributed by atoms with E-state index in [4.69, 9.17) is 4.52 Å². The van der Waals surface area contributed by atoms with Crippen LogP contribution in [-0.4, -0.2) is 31.1 Å². The van der Waals surface area contributed by atoms with E-state index in [2.05, 4.69) is 20.7 Å². The lowest BCUT2D eigenvalue weighted by atomic mass is 10.2. The van der Waals surface area contributed by atoms with Crippen LogP contribution in [0.15, 0.2) is 40.0 Å². The first kappa shape index (κ1) is 17.2. The number of halogens is 1. The minimum Gasteiger partial charge on any atom is -0.338 e. The molecule has 3 rings (SSSR count). The second-order valence-corrected chi connectivity index (χ2v) is 6.76. The summed E-state index contributed by atoms with van der Waals surface area (Å²) in [4.78, 5) is 12.2. The van der Waals surface area contributed by atoms with Gasteiger partial charge in [-0.15, -0.1) is 10.2 Å². The molecule has 2 heterocycles. The first-order valence-corrected chi connectivity index (χ1v) is 8.38. The molecule has 0 radical (unpaired) electrons. The van der Waals surface area contributed by atoms with Crippen molar-refractivity contribution in [2.24, 2.45) is 7.05 Å². The Morgan fingerprint density at radius 1 is 1.32 bits per heavy atom. The fourth-order valence-electron chi connectivity index (χ4n) is 2.13. The van der Waals surface area contributed by atoms with Gasteiger partial charge in [0.15, 0.2) is 11.0 Å². The minimum atomic E-state index is -0.422. The maximum absolute atomic E-state index is 13.0. The number of hydrogen-bond donors (Lipinski definition) is 1. The number of nitrogens with zero attached hydrogens (tertiary/aromatic N) is 4. The number of aromatic nitrogens is 4. The largest absolute Gasteiger partial charge is 0.338 e. The zero-order valence-corrected chi connectivity index (χ0v) is 14.7. The number of carbonyl (C=O) groups is 1. The minimum absolute atomic E-state index is 0.229. The standard InChI is InChI=1S/C16H16FN5O2S/c1-9-8-13(24-21-9)18-15(23)10(2)25-16-20-19-14(22(16)3)11-4-6-12(17)7-5-11/h4-8,10H,1-3H3,(H,18,23). The van der Waals surface area contributed by atoms with E-state index >= 15 is 0 Å². The molecule has 0 spiro atoms. The highest BCUT2D eigenvalue weighted by Gasteiger charge is 2.20. The number of anilines is 1. The Morgan fingerprint density at radius 3 is 2.68 bits per heavy atom. The molecule has 1 N–H and O–H groups in total. The van der Waals surface area contributed by atoms with E-state index in [1.807, 2.05) is 0 Å². The summed E-state index contributed by atoms with van der Waals surface area (Å²) in [5.41, 5.74) is 1.44. The highest BCUT2D eigenvalue weighted by molar-refractivity contribution is 8.00. The quantitative estimate of drug-likeness (QED) is 0.703. The van der Waals surface area contributed by atoms with Crippen molar-refractivity contribution in [2.75, 3.05) is 5.32 Å². The van der Waals surface area contributed by atoms with E-state index in [0.29, 0.717) is 22.6 Å². The van der Waals surface area contributed by atoms with Gasteiger partial charge in [0, 0.05) is 18.7 Å². The smallest absolute Gasteiger partial charge is 0.240 e. The van der Waals surface area contributed by atoms with Gasteiger partial charge < -0.3 is 9.09 Å². The van der Waals surface area contributed by atoms with Crippen molar-refractivity contribution in [3.05, 3.63) is 41.8 Å². The van der Waals surface area contributed by atoms with Crippen molar-refractivity contribution in [2.45, 2.75) is 24.3 Å². The third kappa shape index (κ3) is 3.87. The zero-order valence-electron chi connectivity index (χ0n) is 13.9. The molecule has 7 nitrogen and oxygen atoms in total. The van der Waals surface area contributed by atoms with Gasteiger partial charge in [-0.2, -0.15) is 0 Å². The van der Waals surface area contributed by atoms with Crippen LogP contribution in [0.4, 0.5) is 10.3 Å². The predicted octanol–water partition coefficient (Wildman–Crippen LogP) is 3.04. The van der Waals surface area contributed by atoms with Gasteiger partial charge in [0.05, 0.1) is 10.9 Å². The molecule has 1 unspecified atom stereocenters. The molecular weight excluding hydrogens is 345 g/mol. The maximum Gasteiger partial charge on any atom is 0.240 e. The SMILES string of the molecule is Cc1cc(NC(=O)C(C)Sc2nnc(-c3ccc(F)cc3)n2C)on1. The molecule has 0 aliphatic heterocycles. The first-order chi connectivity index (χ1) is 11.9. The fraction of sp³-hybridized carbons (Fsp3) is 0.250. The molecule has 9 heteroatoms. The Hall–Kier alpha value is -2.68. The van der Waals surface area contributed by atoms with Crippen molar-refractivity contribution in [1.82, 2.24) is 19.9 Å². The van der Waals surface area contributed by atoms with E-state index in [9.17, 15) is 9.18 Å². The summed E-state index contributed by atoms with van der Waals surface area (Å²) in [6.45, 7) is 3.53. The Balaban J connectivity index is 1.70. The van der Waals surface area contributed by atoms with Crippen LogP contribution in [0.2, 0.25) is 0 Å². The maximum atomic E-state index is 13.0. The summed E-state index contributed by atoms with van der Waals surface area (Å²) in [7, 11) is 1.80. The molecule has 0 fully saturated rings. The van der Waals surface area contributed by atoms with E-state index in [-0.39, 0.29) is 11.7 Å². The van der Waals surface area contributed by atoms with Crippen LogP contribution in [0, 0.1) is 12.7 Å². The third-order valence-corrected chi connectivity index (χ3v) is 4.60. The van der Waals surface area contributed by atoms with Crippen LogP contribution in [0.5, 0.6) is 0 Å². The number of rotatable bonds is 5. The van der Waals surface area contributed by atoms with E-state index in [1.54, 1.807) is 43.7 Å². The summed E-state index contributed by atoms with van der Waals surface area (Å²) in [5, 5.41) is 14.8. The summed E-state index contributed by atoms with van der Waals surface area (Å²) in [6.07, 6.45) is 0. The Morgan fingerprint density at radius 2 is 2.04 bits per heavy atom. The molecule has 0 aliphatic rings. The molecule has 25 heavy (non-hydrogen) atoms. The summed E-state index contributed by atoms with van der Waals surface area (Å²) in [6, 6.07) is 7.65. The van der Waals surface area contributed by atoms with E-state index < -0.39 is 5.25 Å². The molecule has 0 saturated heterocycles. The summed E-state index contributed by atoms with van der Waals surface area (Å²) < 4.78 is 19.8. The lowest BCUT2D eigenvalue weighted by Gasteiger charge is -2.10. The first-order valence-electron chi connectivity index (χ1n) is 7.50. The van der Waals surface area contributed by atoms with Crippen molar-refractivity contribution in [1.29, 1.82) is 0 Å². The molecule has 1 amide bonds. The molecule has 130 valence electrons. The van der Waals surface area contributed by atoms with Crippen LogP contribution in [-0.2, 0) is 11.8 Å². The normalized spacial score (nSPS) is 12.2. The van der Waals surface area contributed by atoms with Gasteiger partial charge in [-0.25, -0.2) is 4.39 Å². The molecule has 2 aromatic heterocycles. The van der Waals surface area contributed by atoms with Gasteiger partial charge in [0.2, 0.25) is 11.8 Å². The molecule has 0 aliphatic carbocycles. The average Bonchev–Trinajstić information content (AvgIpc) is 3.15. The van der Waals surface area contributed by atoms with Crippen molar-refractivity contribution in [3.8, 4) is 11.4 Å². The van der Waals surface area contributed by atoms with Crippen LogP contribution >= 0.6 is 11.8 Å². The molecule has 3 aromatic rings. The van der Waals surface area contributed by atoms with Crippen LogP contribution in [0.1, 0.15) is 12.6 Å². The fourth-order valence-corrected chi connectivity index (χ4v) is 2.94. The molecule has 1 aromatic carbocycles. The van der Waals surface area contributed by atoms with Gasteiger partial charge in [0.25, 0.3) is 0 Å². The second kappa shape index (κ2) is 7.06. The Bertz CT molecular complexity index is 890. The van der Waals surface area contributed by atoms with Gasteiger partial charge >= 0.3 is 0 Å².